The van der Waals surface area contributed by atoms with E-state index >= 15 is 0 Å². The first-order valence-corrected chi connectivity index (χ1v) is 7.96. The summed E-state index contributed by atoms with van der Waals surface area (Å²) in [7, 11) is -1.19. The number of hydrogen-bond donors (Lipinski definition) is 1. The Kier molecular flexibility index (Phi) is 3.63. The van der Waals surface area contributed by atoms with Crippen molar-refractivity contribution < 1.29 is 16.8 Å². The Morgan fingerprint density at radius 3 is 2.19 bits per heavy atom. The lowest BCUT2D eigenvalue weighted by molar-refractivity contribution is 0.588. The van der Waals surface area contributed by atoms with E-state index in [2.05, 4.69) is 4.72 Å². The zero-order chi connectivity index (χ0) is 12.6. The first-order valence-electron chi connectivity index (χ1n) is 4.17. The average molecular weight is 284 g/mol. The Morgan fingerprint density at radius 1 is 1.19 bits per heavy atom. The molecule has 8 heteroatoms. The SMILES string of the molecule is CNS(=O)(=O)c1ccc(C)c(S(=O)(=O)Cl)c1. The number of sulfonamides is 1. The van der Waals surface area contributed by atoms with E-state index in [0.717, 1.165) is 6.07 Å². The van der Waals surface area contributed by atoms with Gasteiger partial charge in [0.05, 0.1) is 9.79 Å². The van der Waals surface area contributed by atoms with Gasteiger partial charge in [0.1, 0.15) is 0 Å². The maximum atomic E-state index is 11.4. The molecule has 90 valence electrons. The molecule has 0 aliphatic heterocycles. The molecular formula is C8H10ClNO4S2. The molecule has 0 fully saturated rings. The lowest BCUT2D eigenvalue weighted by Gasteiger charge is -2.06. The standard InChI is InChI=1S/C8H10ClNO4S2/c1-6-3-4-7(16(13,14)10-2)5-8(6)15(9,11)12/h3-5,10H,1-2H3. The predicted molar refractivity (Wildman–Crippen MR) is 60.5 cm³/mol. The van der Waals surface area contributed by atoms with Crippen LogP contribution in [-0.2, 0) is 19.1 Å². The molecule has 1 N–H and O–H groups in total. The van der Waals surface area contributed by atoms with Crippen LogP contribution in [0.2, 0.25) is 0 Å². The van der Waals surface area contributed by atoms with Gasteiger partial charge in [-0.3, -0.25) is 0 Å². The number of benzene rings is 1. The Morgan fingerprint density at radius 2 is 1.75 bits per heavy atom. The van der Waals surface area contributed by atoms with Crippen LogP contribution in [-0.4, -0.2) is 23.9 Å². The second-order valence-corrected chi connectivity index (χ2v) is 7.49. The minimum absolute atomic E-state index is 0.139. The summed E-state index contributed by atoms with van der Waals surface area (Å²) >= 11 is 0. The fourth-order valence-corrected chi connectivity index (χ4v) is 3.18. The van der Waals surface area contributed by atoms with Gasteiger partial charge in [0.25, 0.3) is 9.05 Å². The van der Waals surface area contributed by atoms with Gasteiger partial charge < -0.3 is 0 Å². The molecule has 0 spiro atoms. The van der Waals surface area contributed by atoms with E-state index in [1.165, 1.54) is 26.1 Å². The van der Waals surface area contributed by atoms with E-state index in [1.54, 1.807) is 0 Å². The second-order valence-electron chi connectivity index (χ2n) is 3.07. The summed E-state index contributed by atoms with van der Waals surface area (Å²) in [6.45, 7) is 1.53. The van der Waals surface area contributed by atoms with Crippen LogP contribution < -0.4 is 4.72 Å². The van der Waals surface area contributed by atoms with E-state index in [4.69, 9.17) is 10.7 Å². The summed E-state index contributed by atoms with van der Waals surface area (Å²) in [5.41, 5.74) is 0.394. The van der Waals surface area contributed by atoms with Crippen LogP contribution in [0.4, 0.5) is 0 Å². The van der Waals surface area contributed by atoms with Gasteiger partial charge in [-0.2, -0.15) is 0 Å². The molecule has 5 nitrogen and oxygen atoms in total. The van der Waals surface area contributed by atoms with E-state index in [-0.39, 0.29) is 9.79 Å². The summed E-state index contributed by atoms with van der Waals surface area (Å²) in [5, 5.41) is 0. The minimum atomic E-state index is -3.94. The van der Waals surface area contributed by atoms with Crippen molar-refractivity contribution in [2.75, 3.05) is 7.05 Å². The summed E-state index contributed by atoms with van der Waals surface area (Å²) in [4.78, 5) is -0.342. The quantitative estimate of drug-likeness (QED) is 0.833. The smallest absolute Gasteiger partial charge is 0.214 e. The highest BCUT2D eigenvalue weighted by atomic mass is 35.7. The van der Waals surface area contributed by atoms with Crippen molar-refractivity contribution in [1.82, 2.24) is 4.72 Å². The average Bonchev–Trinajstić information content (AvgIpc) is 2.16. The van der Waals surface area contributed by atoms with Gasteiger partial charge in [-0.15, -0.1) is 0 Å². The van der Waals surface area contributed by atoms with Crippen molar-refractivity contribution in [3.63, 3.8) is 0 Å². The normalized spacial score (nSPS) is 12.7. The molecular weight excluding hydrogens is 274 g/mol. The van der Waals surface area contributed by atoms with Crippen LogP contribution in [0.25, 0.3) is 0 Å². The maximum Gasteiger partial charge on any atom is 0.261 e. The molecule has 1 aromatic carbocycles. The molecule has 0 amide bonds. The largest absolute Gasteiger partial charge is 0.261 e. The van der Waals surface area contributed by atoms with Gasteiger partial charge >= 0.3 is 0 Å². The molecule has 0 aromatic heterocycles. The molecule has 16 heavy (non-hydrogen) atoms. The Bertz CT molecular complexity index is 607. The summed E-state index contributed by atoms with van der Waals surface area (Å²) in [6, 6.07) is 3.73. The zero-order valence-electron chi connectivity index (χ0n) is 8.56. The molecule has 0 aliphatic carbocycles. The van der Waals surface area contributed by atoms with Crippen LogP contribution >= 0.6 is 10.7 Å². The highest BCUT2D eigenvalue weighted by Crippen LogP contribution is 2.22. The van der Waals surface area contributed by atoms with E-state index in [9.17, 15) is 16.8 Å². The molecule has 0 radical (unpaired) electrons. The third-order valence-electron chi connectivity index (χ3n) is 2.00. The Labute approximate surface area is 98.9 Å². The second kappa shape index (κ2) is 4.33. The molecule has 0 bridgehead atoms. The lowest BCUT2D eigenvalue weighted by atomic mass is 10.2. The van der Waals surface area contributed by atoms with Gasteiger partial charge in [0.2, 0.25) is 10.0 Å². The van der Waals surface area contributed by atoms with Crippen LogP contribution in [0.15, 0.2) is 28.0 Å². The number of nitrogens with one attached hydrogen (secondary N) is 1. The summed E-state index contributed by atoms with van der Waals surface area (Å²) < 4.78 is 47.3. The molecule has 0 saturated heterocycles. The van der Waals surface area contributed by atoms with Crippen LogP contribution in [0.5, 0.6) is 0 Å². The fraction of sp³-hybridized carbons (Fsp3) is 0.250. The van der Waals surface area contributed by atoms with Gasteiger partial charge in [-0.1, -0.05) is 6.07 Å². The molecule has 0 aliphatic rings. The first kappa shape index (κ1) is 13.4. The molecule has 0 heterocycles. The molecule has 1 aromatic rings. The minimum Gasteiger partial charge on any atom is -0.214 e. The van der Waals surface area contributed by atoms with Crippen molar-refractivity contribution in [3.8, 4) is 0 Å². The molecule has 1 rings (SSSR count). The van der Waals surface area contributed by atoms with Crippen molar-refractivity contribution in [3.05, 3.63) is 23.8 Å². The summed E-state index contributed by atoms with van der Waals surface area (Å²) in [5.74, 6) is 0. The van der Waals surface area contributed by atoms with Crippen molar-refractivity contribution in [1.29, 1.82) is 0 Å². The Hall–Kier alpha value is -0.630. The van der Waals surface area contributed by atoms with Gasteiger partial charge in [0, 0.05) is 10.7 Å². The van der Waals surface area contributed by atoms with Crippen LogP contribution in [0.1, 0.15) is 5.56 Å². The van der Waals surface area contributed by atoms with Gasteiger partial charge in [0.15, 0.2) is 0 Å². The lowest BCUT2D eigenvalue weighted by Crippen LogP contribution is -2.18. The van der Waals surface area contributed by atoms with Crippen molar-refractivity contribution in [2.45, 2.75) is 16.7 Å². The number of rotatable bonds is 3. The topological polar surface area (TPSA) is 80.3 Å². The van der Waals surface area contributed by atoms with Gasteiger partial charge in [-0.05, 0) is 31.7 Å². The highest BCUT2D eigenvalue weighted by molar-refractivity contribution is 8.13. The summed E-state index contributed by atoms with van der Waals surface area (Å²) in [6.07, 6.45) is 0. The number of halogens is 1. The predicted octanol–water partition coefficient (Wildman–Crippen LogP) is 0.831. The van der Waals surface area contributed by atoms with E-state index in [0.29, 0.717) is 5.56 Å². The van der Waals surface area contributed by atoms with Crippen molar-refractivity contribution in [2.24, 2.45) is 0 Å². The molecule has 0 unspecified atom stereocenters. The highest BCUT2D eigenvalue weighted by Gasteiger charge is 2.18. The van der Waals surface area contributed by atoms with Gasteiger partial charge in [-0.25, -0.2) is 21.6 Å². The van der Waals surface area contributed by atoms with Crippen molar-refractivity contribution >= 4 is 29.8 Å². The van der Waals surface area contributed by atoms with E-state index < -0.39 is 19.1 Å². The third-order valence-corrected chi connectivity index (χ3v) is 4.88. The monoisotopic (exact) mass is 283 g/mol. The van der Waals surface area contributed by atoms with Crippen LogP contribution in [0, 0.1) is 6.92 Å². The van der Waals surface area contributed by atoms with Crippen LogP contribution in [0.3, 0.4) is 0 Å². The number of aryl methyl sites for hydroxylation is 1. The maximum absolute atomic E-state index is 11.4. The Balaban J connectivity index is 3.53. The molecule has 0 atom stereocenters. The number of hydrogen-bond acceptors (Lipinski definition) is 4. The zero-order valence-corrected chi connectivity index (χ0v) is 10.9. The third kappa shape index (κ3) is 2.73. The van der Waals surface area contributed by atoms with E-state index in [1.807, 2.05) is 0 Å². The molecule has 0 saturated carbocycles. The fourth-order valence-electron chi connectivity index (χ4n) is 1.13. The first-order chi connectivity index (χ1) is 7.18.